The molecule has 1 aromatic carbocycles. The first-order valence-electron chi connectivity index (χ1n) is 6.44. The number of nitrogens with zero attached hydrogens (tertiary/aromatic N) is 2. The van der Waals surface area contributed by atoms with Crippen molar-refractivity contribution in [2.24, 2.45) is 0 Å². The number of pyridine rings is 1. The van der Waals surface area contributed by atoms with E-state index in [-0.39, 0.29) is 0 Å². The number of aromatic nitrogens is 1. The number of ether oxygens (including phenoxy) is 2. The van der Waals surface area contributed by atoms with Crippen molar-refractivity contribution in [1.29, 1.82) is 5.26 Å². The van der Waals surface area contributed by atoms with Crippen molar-refractivity contribution < 1.29 is 14.3 Å². The Morgan fingerprint density at radius 1 is 1.24 bits per heavy atom. The van der Waals surface area contributed by atoms with Gasteiger partial charge in [-0.1, -0.05) is 6.92 Å². The van der Waals surface area contributed by atoms with Crippen LogP contribution in [-0.4, -0.2) is 18.1 Å². The van der Waals surface area contributed by atoms with Crippen LogP contribution in [0, 0.1) is 11.3 Å². The molecule has 0 saturated heterocycles. The number of benzene rings is 1. The highest BCUT2D eigenvalue weighted by Crippen LogP contribution is 2.22. The van der Waals surface area contributed by atoms with Gasteiger partial charge in [0.05, 0.1) is 30.0 Å². The molecule has 0 aliphatic rings. The summed E-state index contributed by atoms with van der Waals surface area (Å²) in [6.45, 7) is 1.90. The summed E-state index contributed by atoms with van der Waals surface area (Å²) >= 11 is 0. The number of aryl methyl sites for hydroxylation is 1. The maximum atomic E-state index is 11.6. The maximum absolute atomic E-state index is 11.6. The zero-order chi connectivity index (χ0) is 15.2. The van der Waals surface area contributed by atoms with Gasteiger partial charge in [0.2, 0.25) is 5.88 Å². The first-order valence-corrected chi connectivity index (χ1v) is 6.44. The second-order valence-electron chi connectivity index (χ2n) is 4.23. The Morgan fingerprint density at radius 3 is 2.52 bits per heavy atom. The monoisotopic (exact) mass is 282 g/mol. The van der Waals surface area contributed by atoms with Crippen LogP contribution in [0.1, 0.15) is 28.5 Å². The molecule has 5 heteroatoms. The summed E-state index contributed by atoms with van der Waals surface area (Å²) < 4.78 is 10.3. The Kier molecular flexibility index (Phi) is 4.52. The van der Waals surface area contributed by atoms with Crippen molar-refractivity contribution >= 4 is 5.97 Å². The minimum Gasteiger partial charge on any atom is -0.465 e. The van der Waals surface area contributed by atoms with Crippen LogP contribution in [0.15, 0.2) is 36.4 Å². The molecule has 1 aromatic heterocycles. The third-order valence-electron chi connectivity index (χ3n) is 2.89. The third kappa shape index (κ3) is 3.37. The lowest BCUT2D eigenvalue weighted by Crippen LogP contribution is -2.07. The molecule has 0 aliphatic carbocycles. The van der Waals surface area contributed by atoms with Gasteiger partial charge in [-0.25, -0.2) is 9.78 Å². The Hall–Kier alpha value is -2.87. The van der Waals surface area contributed by atoms with Crippen LogP contribution in [-0.2, 0) is 11.2 Å². The molecule has 0 unspecified atom stereocenters. The minimum absolute atomic E-state index is 0.393. The van der Waals surface area contributed by atoms with E-state index in [0.29, 0.717) is 34.9 Å². The zero-order valence-electron chi connectivity index (χ0n) is 11.8. The van der Waals surface area contributed by atoms with Crippen LogP contribution in [0.5, 0.6) is 11.6 Å². The van der Waals surface area contributed by atoms with Crippen molar-refractivity contribution in [3.05, 3.63) is 53.2 Å². The van der Waals surface area contributed by atoms with E-state index in [2.05, 4.69) is 4.98 Å². The van der Waals surface area contributed by atoms with E-state index < -0.39 is 5.97 Å². The summed E-state index contributed by atoms with van der Waals surface area (Å²) in [7, 11) is 1.34. The largest absolute Gasteiger partial charge is 0.465 e. The topological polar surface area (TPSA) is 72.2 Å². The normalized spacial score (nSPS) is 9.76. The standard InChI is InChI=1S/C16H14N2O3/c1-3-14-13(16(19)20-2)8-9-15(18-14)21-12-6-4-11(10-17)5-7-12/h4-9H,3H2,1-2H3. The molecule has 0 fully saturated rings. The van der Waals surface area contributed by atoms with Gasteiger partial charge in [0, 0.05) is 6.07 Å². The molecule has 0 bridgehead atoms. The Morgan fingerprint density at radius 2 is 1.95 bits per heavy atom. The highest BCUT2D eigenvalue weighted by atomic mass is 16.5. The molecule has 2 rings (SSSR count). The molecular weight excluding hydrogens is 268 g/mol. The quantitative estimate of drug-likeness (QED) is 0.806. The number of methoxy groups -OCH3 is 1. The molecule has 0 N–H and O–H groups in total. The number of nitriles is 1. The van der Waals surface area contributed by atoms with Crippen LogP contribution in [0.25, 0.3) is 0 Å². The lowest BCUT2D eigenvalue weighted by Gasteiger charge is -2.09. The summed E-state index contributed by atoms with van der Waals surface area (Å²) in [5.41, 5.74) is 1.62. The average Bonchev–Trinajstić information content (AvgIpc) is 2.54. The predicted molar refractivity (Wildman–Crippen MR) is 76.2 cm³/mol. The van der Waals surface area contributed by atoms with Gasteiger partial charge >= 0.3 is 5.97 Å². The van der Waals surface area contributed by atoms with E-state index in [4.69, 9.17) is 14.7 Å². The number of carbonyl (C=O) groups excluding carboxylic acids is 1. The molecular formula is C16H14N2O3. The van der Waals surface area contributed by atoms with Gasteiger partial charge in [-0.2, -0.15) is 5.26 Å². The first-order chi connectivity index (χ1) is 10.2. The molecule has 0 amide bonds. The number of carbonyl (C=O) groups is 1. The van der Waals surface area contributed by atoms with Gasteiger partial charge in [-0.3, -0.25) is 0 Å². The average molecular weight is 282 g/mol. The van der Waals surface area contributed by atoms with Gasteiger partial charge < -0.3 is 9.47 Å². The smallest absolute Gasteiger partial charge is 0.339 e. The zero-order valence-corrected chi connectivity index (χ0v) is 11.8. The molecule has 0 aliphatic heterocycles. The van der Waals surface area contributed by atoms with Crippen molar-refractivity contribution in [2.75, 3.05) is 7.11 Å². The van der Waals surface area contributed by atoms with E-state index in [1.54, 1.807) is 36.4 Å². The van der Waals surface area contributed by atoms with E-state index in [1.165, 1.54) is 7.11 Å². The molecule has 0 spiro atoms. The van der Waals surface area contributed by atoms with E-state index >= 15 is 0 Å². The molecule has 2 aromatic rings. The maximum Gasteiger partial charge on any atom is 0.339 e. The fourth-order valence-electron chi connectivity index (χ4n) is 1.82. The molecule has 106 valence electrons. The molecule has 21 heavy (non-hydrogen) atoms. The number of hydrogen-bond donors (Lipinski definition) is 0. The summed E-state index contributed by atoms with van der Waals surface area (Å²) in [6, 6.07) is 12.0. The second-order valence-corrected chi connectivity index (χ2v) is 4.23. The molecule has 0 radical (unpaired) electrons. The number of rotatable bonds is 4. The summed E-state index contributed by atoms with van der Waals surface area (Å²) in [6.07, 6.45) is 0.592. The fraction of sp³-hybridized carbons (Fsp3) is 0.188. The third-order valence-corrected chi connectivity index (χ3v) is 2.89. The van der Waals surface area contributed by atoms with Crippen molar-refractivity contribution in [3.63, 3.8) is 0 Å². The van der Waals surface area contributed by atoms with E-state index in [0.717, 1.165) is 0 Å². The van der Waals surface area contributed by atoms with E-state index in [9.17, 15) is 4.79 Å². The Bertz CT molecular complexity index is 688. The van der Waals surface area contributed by atoms with Crippen LogP contribution in [0.4, 0.5) is 0 Å². The van der Waals surface area contributed by atoms with Gasteiger partial charge in [0.15, 0.2) is 0 Å². The van der Waals surface area contributed by atoms with Crippen LogP contribution < -0.4 is 4.74 Å². The van der Waals surface area contributed by atoms with Gasteiger partial charge in [-0.05, 0) is 36.8 Å². The van der Waals surface area contributed by atoms with E-state index in [1.807, 2.05) is 13.0 Å². The summed E-state index contributed by atoms with van der Waals surface area (Å²) in [5, 5.41) is 8.75. The molecule has 1 heterocycles. The molecule has 0 saturated carbocycles. The number of esters is 1. The summed E-state index contributed by atoms with van der Waals surface area (Å²) in [4.78, 5) is 15.9. The van der Waals surface area contributed by atoms with Crippen LogP contribution >= 0.6 is 0 Å². The SMILES string of the molecule is CCc1nc(Oc2ccc(C#N)cc2)ccc1C(=O)OC. The minimum atomic E-state index is -0.413. The summed E-state index contributed by atoms with van der Waals surface area (Å²) in [5.74, 6) is 0.558. The second kappa shape index (κ2) is 6.53. The van der Waals surface area contributed by atoms with Gasteiger partial charge in [0.1, 0.15) is 5.75 Å². The highest BCUT2D eigenvalue weighted by Gasteiger charge is 2.13. The van der Waals surface area contributed by atoms with Crippen molar-refractivity contribution in [2.45, 2.75) is 13.3 Å². The lowest BCUT2D eigenvalue weighted by molar-refractivity contribution is 0.0599. The van der Waals surface area contributed by atoms with Crippen LogP contribution in [0.3, 0.4) is 0 Å². The van der Waals surface area contributed by atoms with Gasteiger partial charge in [0.25, 0.3) is 0 Å². The number of hydrogen-bond acceptors (Lipinski definition) is 5. The Balaban J connectivity index is 2.24. The Labute approximate surface area is 122 Å². The molecule has 5 nitrogen and oxygen atoms in total. The fourth-order valence-corrected chi connectivity index (χ4v) is 1.82. The molecule has 0 atom stereocenters. The highest BCUT2D eigenvalue weighted by molar-refractivity contribution is 5.90. The first kappa shape index (κ1) is 14.5. The predicted octanol–water partition coefficient (Wildman–Crippen LogP) is 3.09. The van der Waals surface area contributed by atoms with Crippen molar-refractivity contribution in [3.8, 4) is 17.7 Å². The van der Waals surface area contributed by atoms with Crippen molar-refractivity contribution in [1.82, 2.24) is 4.98 Å². The van der Waals surface area contributed by atoms with Gasteiger partial charge in [-0.15, -0.1) is 0 Å². The lowest BCUT2D eigenvalue weighted by atomic mass is 10.1. The van der Waals surface area contributed by atoms with Crippen LogP contribution in [0.2, 0.25) is 0 Å².